The second-order valence-electron chi connectivity index (χ2n) is 14.0. The van der Waals surface area contributed by atoms with Crippen LogP contribution in [0, 0.1) is 0 Å². The first kappa shape index (κ1) is 31.9. The zero-order valence-electron chi connectivity index (χ0n) is 30.2. The molecule has 0 N–H and O–H groups in total. The van der Waals surface area contributed by atoms with Gasteiger partial charge in [-0.05, 0) is 64.7 Å². The van der Waals surface area contributed by atoms with E-state index in [0.29, 0.717) is 17.5 Å². The number of para-hydroxylation sites is 2. The van der Waals surface area contributed by atoms with Crippen LogP contribution in [-0.2, 0) is 0 Å². The highest BCUT2D eigenvalue weighted by atomic mass is 16.3. The Morgan fingerprint density at radius 1 is 0.375 bits per heavy atom. The van der Waals surface area contributed by atoms with E-state index in [9.17, 15) is 0 Å². The molecule has 0 aliphatic rings. The maximum atomic E-state index is 6.88. The Kier molecular flexibility index (Phi) is 7.42. The number of fused-ring (bicyclic) bond motifs is 7. The van der Waals surface area contributed by atoms with Gasteiger partial charge < -0.3 is 8.98 Å². The maximum absolute atomic E-state index is 6.88. The molecule has 0 saturated heterocycles. The second kappa shape index (κ2) is 13.0. The predicted octanol–water partition coefficient (Wildman–Crippen LogP) is 13.2. The number of hydrogen-bond donors (Lipinski definition) is 0. The van der Waals surface area contributed by atoms with Crippen LogP contribution in [0.4, 0.5) is 0 Å². The minimum Gasteiger partial charge on any atom is -0.455 e. The molecule has 0 aliphatic heterocycles. The number of aromatic nitrogens is 4. The lowest BCUT2D eigenvalue weighted by atomic mass is 10.0. The van der Waals surface area contributed by atoms with Gasteiger partial charge in [-0.2, -0.15) is 0 Å². The third-order valence-corrected chi connectivity index (χ3v) is 10.6. The number of furan rings is 1. The van der Waals surface area contributed by atoms with Crippen molar-refractivity contribution in [2.75, 3.05) is 0 Å². The fourth-order valence-electron chi connectivity index (χ4n) is 8.05. The van der Waals surface area contributed by atoms with Crippen molar-refractivity contribution in [1.29, 1.82) is 0 Å². The molecule has 0 unspecified atom stereocenters. The lowest BCUT2D eigenvalue weighted by molar-refractivity contribution is 0.669. The summed E-state index contributed by atoms with van der Waals surface area (Å²) in [7, 11) is 0. The van der Waals surface area contributed by atoms with Gasteiger partial charge in [0, 0.05) is 33.0 Å². The molecule has 11 aromatic rings. The summed E-state index contributed by atoms with van der Waals surface area (Å²) in [5, 5.41) is 4.40. The fraction of sp³-hybridized carbons (Fsp3) is 0. The van der Waals surface area contributed by atoms with Crippen molar-refractivity contribution < 1.29 is 4.42 Å². The van der Waals surface area contributed by atoms with Crippen molar-refractivity contribution in [2.24, 2.45) is 0 Å². The third kappa shape index (κ3) is 5.29. The van der Waals surface area contributed by atoms with E-state index in [-0.39, 0.29) is 0 Å². The van der Waals surface area contributed by atoms with Gasteiger partial charge >= 0.3 is 0 Å². The Morgan fingerprint density at radius 2 is 0.929 bits per heavy atom. The number of benzene rings is 8. The quantitative estimate of drug-likeness (QED) is 0.172. The first-order chi connectivity index (χ1) is 27.8. The second-order valence-corrected chi connectivity index (χ2v) is 14.0. The molecule has 0 fully saturated rings. The van der Waals surface area contributed by atoms with Gasteiger partial charge in [0.15, 0.2) is 17.5 Å². The minimum absolute atomic E-state index is 0.552. The van der Waals surface area contributed by atoms with Gasteiger partial charge in [0.2, 0.25) is 0 Å². The van der Waals surface area contributed by atoms with Crippen LogP contribution in [0.5, 0.6) is 0 Å². The molecule has 0 amide bonds. The molecular weight excluding hydrogens is 685 g/mol. The topological polar surface area (TPSA) is 56.7 Å². The Morgan fingerprint density at radius 3 is 1.68 bits per heavy atom. The molecular formula is C51H32N4O. The Balaban J connectivity index is 1.15. The highest BCUT2D eigenvalue weighted by Crippen LogP contribution is 2.43. The van der Waals surface area contributed by atoms with E-state index in [0.717, 1.165) is 72.0 Å². The van der Waals surface area contributed by atoms with E-state index in [1.54, 1.807) is 0 Å². The van der Waals surface area contributed by atoms with Crippen molar-refractivity contribution in [2.45, 2.75) is 0 Å². The normalized spacial score (nSPS) is 11.6. The van der Waals surface area contributed by atoms with Crippen LogP contribution < -0.4 is 0 Å². The standard InChI is InChI=1S/C51H32N4O/c1-4-15-33(16-5-1)36-21-12-23-38(31-36)50-52-49(35-19-8-3-9-20-35)53-51(54-50)43-27-14-26-42-46-45(56-48(42)43)30-29-41-40-25-10-11-28-44(40)55(47(41)46)39-24-13-22-37(32-39)34-17-6-2-7-18-34/h1-32H. The Labute approximate surface area is 322 Å². The summed E-state index contributed by atoms with van der Waals surface area (Å²) < 4.78 is 9.26. The summed E-state index contributed by atoms with van der Waals surface area (Å²) in [6, 6.07) is 67.4. The summed E-state index contributed by atoms with van der Waals surface area (Å²) in [6.45, 7) is 0. The highest BCUT2D eigenvalue weighted by Gasteiger charge is 2.22. The van der Waals surface area contributed by atoms with Crippen molar-refractivity contribution in [3.63, 3.8) is 0 Å². The lowest BCUT2D eigenvalue weighted by Crippen LogP contribution is -2.00. The summed E-state index contributed by atoms with van der Waals surface area (Å²) in [5.74, 6) is 1.75. The minimum atomic E-state index is 0.552. The van der Waals surface area contributed by atoms with Crippen LogP contribution in [0.25, 0.3) is 106 Å². The van der Waals surface area contributed by atoms with Crippen LogP contribution in [0.2, 0.25) is 0 Å². The van der Waals surface area contributed by atoms with Crippen LogP contribution in [-0.4, -0.2) is 19.5 Å². The maximum Gasteiger partial charge on any atom is 0.167 e. The van der Waals surface area contributed by atoms with E-state index in [1.165, 1.54) is 16.3 Å². The molecule has 3 heterocycles. The summed E-state index contributed by atoms with van der Waals surface area (Å²) in [6.07, 6.45) is 0. The van der Waals surface area contributed by atoms with E-state index in [4.69, 9.17) is 19.4 Å². The SMILES string of the molecule is c1ccc(-c2cccc(-c3nc(-c4ccccc4)nc(-c4cccc5c4oc4ccc6c7ccccc7n(-c7cccc(-c8ccccc8)c7)c6c45)n3)c2)cc1. The molecule has 0 spiro atoms. The van der Waals surface area contributed by atoms with Gasteiger partial charge in [0.25, 0.3) is 0 Å². The highest BCUT2D eigenvalue weighted by molar-refractivity contribution is 6.25. The molecule has 8 aromatic carbocycles. The van der Waals surface area contributed by atoms with E-state index in [1.807, 2.05) is 36.4 Å². The van der Waals surface area contributed by atoms with Crippen molar-refractivity contribution >= 4 is 43.7 Å². The van der Waals surface area contributed by atoms with Crippen LogP contribution >= 0.6 is 0 Å². The number of nitrogens with zero attached hydrogens (tertiary/aromatic N) is 4. The Bertz CT molecular complexity index is 3240. The van der Waals surface area contributed by atoms with Gasteiger partial charge in [-0.15, -0.1) is 0 Å². The van der Waals surface area contributed by atoms with E-state index < -0.39 is 0 Å². The van der Waals surface area contributed by atoms with Crippen molar-refractivity contribution in [3.8, 4) is 62.1 Å². The molecule has 0 aliphatic carbocycles. The number of rotatable bonds is 6. The van der Waals surface area contributed by atoms with Crippen LogP contribution in [0.15, 0.2) is 199 Å². The van der Waals surface area contributed by atoms with Gasteiger partial charge in [0.1, 0.15) is 11.2 Å². The van der Waals surface area contributed by atoms with Crippen molar-refractivity contribution in [3.05, 3.63) is 194 Å². The molecule has 11 rings (SSSR count). The van der Waals surface area contributed by atoms with E-state index in [2.05, 4.69) is 162 Å². The largest absolute Gasteiger partial charge is 0.455 e. The smallest absolute Gasteiger partial charge is 0.167 e. The molecule has 5 heteroatoms. The predicted molar refractivity (Wildman–Crippen MR) is 229 cm³/mol. The summed E-state index contributed by atoms with van der Waals surface area (Å²) >= 11 is 0. The summed E-state index contributed by atoms with van der Waals surface area (Å²) in [4.78, 5) is 15.3. The third-order valence-electron chi connectivity index (χ3n) is 10.6. The van der Waals surface area contributed by atoms with Gasteiger partial charge in [-0.1, -0.05) is 152 Å². The van der Waals surface area contributed by atoms with E-state index >= 15 is 0 Å². The number of hydrogen-bond acceptors (Lipinski definition) is 4. The average Bonchev–Trinajstić information content (AvgIpc) is 3.83. The Hall–Kier alpha value is -7.63. The average molecular weight is 717 g/mol. The molecule has 0 atom stereocenters. The molecule has 262 valence electrons. The van der Waals surface area contributed by atoms with Gasteiger partial charge in [0.05, 0.1) is 22.0 Å². The molecule has 0 radical (unpaired) electrons. The molecule has 56 heavy (non-hydrogen) atoms. The zero-order valence-corrected chi connectivity index (χ0v) is 30.2. The molecule has 0 bridgehead atoms. The first-order valence-electron chi connectivity index (χ1n) is 18.8. The van der Waals surface area contributed by atoms with Crippen molar-refractivity contribution in [1.82, 2.24) is 19.5 Å². The fourth-order valence-corrected chi connectivity index (χ4v) is 8.05. The van der Waals surface area contributed by atoms with Gasteiger partial charge in [-0.3, -0.25) is 0 Å². The van der Waals surface area contributed by atoms with Crippen LogP contribution in [0.1, 0.15) is 0 Å². The molecule has 3 aromatic heterocycles. The van der Waals surface area contributed by atoms with Crippen LogP contribution in [0.3, 0.4) is 0 Å². The van der Waals surface area contributed by atoms with Gasteiger partial charge in [-0.25, -0.2) is 15.0 Å². The lowest BCUT2D eigenvalue weighted by Gasteiger charge is -2.11. The first-order valence-corrected chi connectivity index (χ1v) is 18.8. The molecule has 5 nitrogen and oxygen atoms in total. The molecule has 0 saturated carbocycles. The monoisotopic (exact) mass is 716 g/mol. The zero-order chi connectivity index (χ0) is 37.0. The summed E-state index contributed by atoms with van der Waals surface area (Å²) in [5.41, 5.74) is 12.1.